The molecule has 0 radical (unpaired) electrons. The van der Waals surface area contributed by atoms with E-state index in [2.05, 4.69) is 30.9 Å². The zero-order valence-corrected chi connectivity index (χ0v) is 14.7. The third-order valence-corrected chi connectivity index (χ3v) is 7.03. The molecular formula is C18H33NOS. The average molecular weight is 312 g/mol. The summed E-state index contributed by atoms with van der Waals surface area (Å²) in [6.45, 7) is 6.80. The molecule has 3 atom stereocenters. The van der Waals surface area contributed by atoms with Gasteiger partial charge in [-0.1, -0.05) is 20.3 Å². The highest BCUT2D eigenvalue weighted by Gasteiger charge is 2.43. The smallest absolute Gasteiger partial charge is 0.0701 e. The van der Waals surface area contributed by atoms with Crippen LogP contribution in [0.4, 0.5) is 0 Å². The fourth-order valence-corrected chi connectivity index (χ4v) is 6.09. The Morgan fingerprint density at radius 1 is 1.19 bits per heavy atom. The van der Waals surface area contributed by atoms with Gasteiger partial charge in [-0.25, -0.2) is 0 Å². The van der Waals surface area contributed by atoms with Crippen molar-refractivity contribution in [3.63, 3.8) is 0 Å². The van der Waals surface area contributed by atoms with Crippen molar-refractivity contribution in [2.24, 2.45) is 17.8 Å². The molecule has 21 heavy (non-hydrogen) atoms. The molecule has 1 aliphatic carbocycles. The second-order valence-electron chi connectivity index (χ2n) is 7.81. The highest BCUT2D eigenvalue weighted by atomic mass is 32.2. The van der Waals surface area contributed by atoms with E-state index in [1.165, 1.54) is 63.0 Å². The molecule has 3 fully saturated rings. The Kier molecular flexibility index (Phi) is 5.55. The van der Waals surface area contributed by atoms with E-state index in [-0.39, 0.29) is 5.60 Å². The zero-order chi connectivity index (χ0) is 14.7. The molecule has 122 valence electrons. The molecule has 2 heterocycles. The third kappa shape index (κ3) is 3.97. The van der Waals surface area contributed by atoms with Crippen LogP contribution in [0.25, 0.3) is 0 Å². The molecule has 1 saturated carbocycles. The minimum atomic E-state index is 0.271. The van der Waals surface area contributed by atoms with Crippen LogP contribution in [0.5, 0.6) is 0 Å². The van der Waals surface area contributed by atoms with Crippen LogP contribution in [-0.2, 0) is 4.74 Å². The lowest BCUT2D eigenvalue weighted by molar-refractivity contribution is -0.113. The first-order valence-electron chi connectivity index (χ1n) is 9.14. The number of nitrogens with one attached hydrogen (secondary N) is 1. The van der Waals surface area contributed by atoms with Crippen LogP contribution in [0.3, 0.4) is 0 Å². The van der Waals surface area contributed by atoms with Crippen molar-refractivity contribution in [1.29, 1.82) is 0 Å². The van der Waals surface area contributed by atoms with Gasteiger partial charge in [0.15, 0.2) is 0 Å². The molecule has 1 N–H and O–H groups in total. The number of hydrogen-bond acceptors (Lipinski definition) is 3. The summed E-state index contributed by atoms with van der Waals surface area (Å²) in [6, 6.07) is 0.627. The van der Waals surface area contributed by atoms with Gasteiger partial charge in [-0.3, -0.25) is 0 Å². The maximum atomic E-state index is 6.30. The average Bonchev–Trinajstić information content (AvgIpc) is 2.94. The van der Waals surface area contributed by atoms with Crippen LogP contribution < -0.4 is 5.32 Å². The Labute approximate surface area is 135 Å². The van der Waals surface area contributed by atoms with Crippen molar-refractivity contribution in [3.05, 3.63) is 0 Å². The summed E-state index contributed by atoms with van der Waals surface area (Å²) < 4.78 is 6.30. The van der Waals surface area contributed by atoms with E-state index in [9.17, 15) is 0 Å². The highest BCUT2D eigenvalue weighted by Crippen LogP contribution is 2.47. The van der Waals surface area contributed by atoms with Gasteiger partial charge in [0.05, 0.1) is 5.60 Å². The fourth-order valence-electron chi connectivity index (χ4n) is 4.85. The van der Waals surface area contributed by atoms with Gasteiger partial charge in [-0.05, 0) is 74.3 Å². The Morgan fingerprint density at radius 3 is 2.76 bits per heavy atom. The van der Waals surface area contributed by atoms with Gasteiger partial charge >= 0.3 is 0 Å². The van der Waals surface area contributed by atoms with Gasteiger partial charge < -0.3 is 10.1 Å². The third-order valence-electron chi connectivity index (χ3n) is 6.05. The van der Waals surface area contributed by atoms with Gasteiger partial charge in [0.2, 0.25) is 0 Å². The summed E-state index contributed by atoms with van der Waals surface area (Å²) in [5.74, 6) is 5.45. The molecule has 3 rings (SSSR count). The van der Waals surface area contributed by atoms with E-state index in [1.807, 2.05) is 0 Å². The molecule has 0 aromatic carbocycles. The molecular weight excluding hydrogens is 278 g/mol. The topological polar surface area (TPSA) is 21.3 Å². The quantitative estimate of drug-likeness (QED) is 0.845. The summed E-state index contributed by atoms with van der Waals surface area (Å²) in [5, 5.41) is 3.69. The minimum Gasteiger partial charge on any atom is -0.375 e. The normalized spacial score (nSPS) is 36.4. The van der Waals surface area contributed by atoms with E-state index < -0.39 is 0 Å². The predicted molar refractivity (Wildman–Crippen MR) is 91.9 cm³/mol. The van der Waals surface area contributed by atoms with Crippen molar-refractivity contribution in [3.8, 4) is 0 Å². The van der Waals surface area contributed by atoms with E-state index in [1.54, 1.807) is 0 Å². The summed E-state index contributed by atoms with van der Waals surface area (Å²) in [4.78, 5) is 0. The van der Waals surface area contributed by atoms with E-state index in [4.69, 9.17) is 4.74 Å². The standard InChI is InChI=1S/C18H33NOS/c1-14(2)19-13-16-4-3-5-17(16)15-6-9-20-18(12-15)7-10-21-11-8-18/h14-17,19H,3-13H2,1-2H3. The first kappa shape index (κ1) is 16.1. The maximum absolute atomic E-state index is 6.30. The maximum Gasteiger partial charge on any atom is 0.0701 e. The van der Waals surface area contributed by atoms with Crippen LogP contribution >= 0.6 is 11.8 Å². The Hall–Kier alpha value is 0.270. The van der Waals surface area contributed by atoms with Crippen LogP contribution in [0.15, 0.2) is 0 Å². The summed E-state index contributed by atoms with van der Waals surface area (Å²) >= 11 is 2.12. The summed E-state index contributed by atoms with van der Waals surface area (Å²) in [7, 11) is 0. The van der Waals surface area contributed by atoms with E-state index in [0.717, 1.165) is 24.4 Å². The number of hydrogen-bond donors (Lipinski definition) is 1. The van der Waals surface area contributed by atoms with Crippen molar-refractivity contribution in [2.75, 3.05) is 24.7 Å². The Morgan fingerprint density at radius 2 is 2.00 bits per heavy atom. The summed E-state index contributed by atoms with van der Waals surface area (Å²) in [6.07, 6.45) is 9.65. The largest absolute Gasteiger partial charge is 0.375 e. The first-order valence-corrected chi connectivity index (χ1v) is 10.3. The molecule has 0 bridgehead atoms. The van der Waals surface area contributed by atoms with Crippen LogP contribution in [-0.4, -0.2) is 36.3 Å². The Bertz CT molecular complexity index is 322. The van der Waals surface area contributed by atoms with E-state index >= 15 is 0 Å². The molecule has 0 aromatic rings. The zero-order valence-electron chi connectivity index (χ0n) is 13.9. The van der Waals surface area contributed by atoms with Crippen molar-refractivity contribution in [2.45, 2.75) is 70.4 Å². The number of rotatable bonds is 4. The van der Waals surface area contributed by atoms with Gasteiger partial charge in [0, 0.05) is 12.6 Å². The lowest BCUT2D eigenvalue weighted by Gasteiger charge is -2.46. The molecule has 1 spiro atoms. The lowest BCUT2D eigenvalue weighted by Crippen LogP contribution is -2.45. The molecule has 3 heteroatoms. The number of thioether (sulfide) groups is 1. The first-order chi connectivity index (χ1) is 10.2. The van der Waals surface area contributed by atoms with Gasteiger partial charge in [-0.15, -0.1) is 0 Å². The van der Waals surface area contributed by atoms with Crippen molar-refractivity contribution >= 4 is 11.8 Å². The second kappa shape index (κ2) is 7.23. The fraction of sp³-hybridized carbons (Fsp3) is 1.00. The molecule has 0 aromatic heterocycles. The van der Waals surface area contributed by atoms with Crippen molar-refractivity contribution in [1.82, 2.24) is 5.32 Å². The van der Waals surface area contributed by atoms with E-state index in [0.29, 0.717) is 6.04 Å². The molecule has 0 amide bonds. The van der Waals surface area contributed by atoms with Crippen LogP contribution in [0, 0.1) is 17.8 Å². The van der Waals surface area contributed by atoms with Crippen LogP contribution in [0.2, 0.25) is 0 Å². The molecule has 3 unspecified atom stereocenters. The van der Waals surface area contributed by atoms with Gasteiger partial charge in [0.1, 0.15) is 0 Å². The molecule has 2 aliphatic heterocycles. The highest BCUT2D eigenvalue weighted by molar-refractivity contribution is 7.99. The monoisotopic (exact) mass is 311 g/mol. The number of ether oxygens (including phenoxy) is 1. The molecule has 2 saturated heterocycles. The van der Waals surface area contributed by atoms with Crippen LogP contribution in [0.1, 0.15) is 58.8 Å². The second-order valence-corrected chi connectivity index (χ2v) is 9.04. The van der Waals surface area contributed by atoms with Crippen molar-refractivity contribution < 1.29 is 4.74 Å². The van der Waals surface area contributed by atoms with Gasteiger partial charge in [0.25, 0.3) is 0 Å². The van der Waals surface area contributed by atoms with Gasteiger partial charge in [-0.2, -0.15) is 11.8 Å². The lowest BCUT2D eigenvalue weighted by atomic mass is 9.72. The molecule has 3 aliphatic rings. The molecule has 2 nitrogen and oxygen atoms in total. The Balaban J connectivity index is 1.59. The predicted octanol–water partition coefficient (Wildman–Crippen LogP) is 4.09. The SMILES string of the molecule is CC(C)NCC1CCCC1C1CCOC2(CCSCC2)C1. The minimum absolute atomic E-state index is 0.271. The summed E-state index contributed by atoms with van der Waals surface area (Å²) in [5.41, 5.74) is 0.271.